The molecule has 2 amide bonds. The van der Waals surface area contributed by atoms with Gasteiger partial charge in [-0.1, -0.05) is 6.92 Å². The van der Waals surface area contributed by atoms with Crippen LogP contribution in [0.3, 0.4) is 0 Å². The molecule has 2 saturated heterocycles. The van der Waals surface area contributed by atoms with Crippen LogP contribution in [0.4, 0.5) is 5.69 Å². The molecular weight excluding hydrogens is 342 g/mol. The molecule has 0 saturated carbocycles. The Kier molecular flexibility index (Phi) is 4.83. The minimum Gasteiger partial charge on any atom is -0.369 e. The van der Waals surface area contributed by atoms with Crippen LogP contribution in [-0.2, 0) is 19.6 Å². The Labute approximate surface area is 147 Å². The van der Waals surface area contributed by atoms with Crippen molar-refractivity contribution in [1.29, 1.82) is 0 Å². The summed E-state index contributed by atoms with van der Waals surface area (Å²) >= 11 is 0. The Balaban J connectivity index is 1.76. The molecule has 2 fully saturated rings. The van der Waals surface area contributed by atoms with Crippen LogP contribution in [0.5, 0.6) is 0 Å². The van der Waals surface area contributed by atoms with Gasteiger partial charge >= 0.3 is 0 Å². The maximum atomic E-state index is 12.7. The van der Waals surface area contributed by atoms with Crippen molar-refractivity contribution in [2.24, 2.45) is 17.6 Å². The maximum Gasteiger partial charge on any atom is 0.243 e. The monoisotopic (exact) mass is 365 g/mol. The van der Waals surface area contributed by atoms with E-state index in [1.807, 2.05) is 0 Å². The van der Waals surface area contributed by atoms with Gasteiger partial charge < -0.3 is 10.6 Å². The van der Waals surface area contributed by atoms with Crippen molar-refractivity contribution in [1.82, 2.24) is 4.31 Å². The Morgan fingerprint density at radius 2 is 1.76 bits per heavy atom. The van der Waals surface area contributed by atoms with E-state index in [1.54, 1.807) is 12.1 Å². The Morgan fingerprint density at radius 1 is 1.16 bits per heavy atom. The molecule has 2 aliphatic rings. The summed E-state index contributed by atoms with van der Waals surface area (Å²) in [6.45, 7) is 3.45. The second-order valence-electron chi connectivity index (χ2n) is 6.89. The van der Waals surface area contributed by atoms with Crippen LogP contribution >= 0.6 is 0 Å². The number of benzene rings is 1. The molecule has 0 aromatic heterocycles. The molecule has 0 aliphatic carbocycles. The lowest BCUT2D eigenvalue weighted by Crippen LogP contribution is -2.37. The first kappa shape index (κ1) is 17.9. The van der Waals surface area contributed by atoms with Crippen LogP contribution < -0.4 is 10.6 Å². The van der Waals surface area contributed by atoms with Crippen molar-refractivity contribution in [2.45, 2.75) is 31.1 Å². The van der Waals surface area contributed by atoms with Gasteiger partial charge in [0.2, 0.25) is 21.8 Å². The number of piperidine rings is 1. The van der Waals surface area contributed by atoms with Crippen LogP contribution in [0, 0.1) is 11.8 Å². The molecule has 8 heteroatoms. The topological polar surface area (TPSA) is 101 Å². The average molecular weight is 365 g/mol. The lowest BCUT2D eigenvalue weighted by molar-refractivity contribution is -0.123. The fourth-order valence-electron chi connectivity index (χ4n) is 3.32. The van der Waals surface area contributed by atoms with Gasteiger partial charge in [-0.05, 0) is 43.0 Å². The number of primary amides is 1. The first-order valence-corrected chi connectivity index (χ1v) is 9.93. The zero-order chi connectivity index (χ0) is 18.2. The highest BCUT2D eigenvalue weighted by molar-refractivity contribution is 7.89. The van der Waals surface area contributed by atoms with Gasteiger partial charge in [-0.15, -0.1) is 0 Å². The van der Waals surface area contributed by atoms with Gasteiger partial charge in [0, 0.05) is 31.7 Å². The van der Waals surface area contributed by atoms with E-state index >= 15 is 0 Å². The minimum atomic E-state index is -3.51. The summed E-state index contributed by atoms with van der Waals surface area (Å²) in [4.78, 5) is 25.0. The molecule has 2 heterocycles. The number of nitrogens with two attached hydrogens (primary N) is 1. The molecule has 0 bridgehead atoms. The van der Waals surface area contributed by atoms with E-state index in [9.17, 15) is 18.0 Å². The van der Waals surface area contributed by atoms with Crippen molar-refractivity contribution in [3.63, 3.8) is 0 Å². The van der Waals surface area contributed by atoms with Crippen molar-refractivity contribution >= 4 is 27.5 Å². The van der Waals surface area contributed by atoms with Gasteiger partial charge in [-0.2, -0.15) is 4.31 Å². The molecule has 0 radical (unpaired) electrons. The quantitative estimate of drug-likeness (QED) is 0.858. The van der Waals surface area contributed by atoms with Gasteiger partial charge in [-0.3, -0.25) is 9.59 Å². The SMILES string of the molecule is CC1CCN(S(=O)(=O)c2ccc(N3CC(C(N)=O)CC3=O)cc2)CC1. The van der Waals surface area contributed by atoms with E-state index in [2.05, 4.69) is 6.92 Å². The van der Waals surface area contributed by atoms with Crippen LogP contribution in [0.2, 0.25) is 0 Å². The van der Waals surface area contributed by atoms with Crippen LogP contribution in [-0.4, -0.2) is 44.2 Å². The molecule has 1 unspecified atom stereocenters. The lowest BCUT2D eigenvalue weighted by Gasteiger charge is -2.29. The van der Waals surface area contributed by atoms with Gasteiger partial charge in [0.25, 0.3) is 0 Å². The summed E-state index contributed by atoms with van der Waals surface area (Å²) in [5.41, 5.74) is 5.85. The summed E-state index contributed by atoms with van der Waals surface area (Å²) < 4.78 is 27.0. The summed E-state index contributed by atoms with van der Waals surface area (Å²) in [7, 11) is -3.51. The van der Waals surface area contributed by atoms with Crippen molar-refractivity contribution in [2.75, 3.05) is 24.5 Å². The highest BCUT2D eigenvalue weighted by Gasteiger charge is 2.34. The standard InChI is InChI=1S/C17H23N3O4S/c1-12-6-8-19(9-7-12)25(23,24)15-4-2-14(3-5-15)20-11-13(17(18)22)10-16(20)21/h2-5,12-13H,6-11H2,1H3,(H2,18,22). The maximum absolute atomic E-state index is 12.7. The van der Waals surface area contributed by atoms with Gasteiger partial charge in [0.1, 0.15) is 0 Å². The van der Waals surface area contributed by atoms with E-state index in [-0.39, 0.29) is 23.8 Å². The minimum absolute atomic E-state index is 0.0986. The predicted octanol–water partition coefficient (Wildman–Crippen LogP) is 0.945. The second kappa shape index (κ2) is 6.76. The lowest BCUT2D eigenvalue weighted by atomic mass is 10.0. The molecule has 1 aromatic rings. The molecule has 1 aromatic carbocycles. The first-order chi connectivity index (χ1) is 11.8. The Morgan fingerprint density at radius 3 is 2.28 bits per heavy atom. The fourth-order valence-corrected chi connectivity index (χ4v) is 4.79. The number of hydrogen-bond donors (Lipinski definition) is 1. The molecular formula is C17H23N3O4S. The summed E-state index contributed by atoms with van der Waals surface area (Å²) in [6.07, 6.45) is 1.84. The van der Waals surface area contributed by atoms with Gasteiger partial charge in [0.05, 0.1) is 10.8 Å². The number of anilines is 1. The Hall–Kier alpha value is -1.93. The molecule has 7 nitrogen and oxygen atoms in total. The summed E-state index contributed by atoms with van der Waals surface area (Å²) in [5.74, 6) is -0.613. The van der Waals surface area contributed by atoms with E-state index < -0.39 is 21.8 Å². The number of nitrogens with zero attached hydrogens (tertiary/aromatic N) is 2. The van der Waals surface area contributed by atoms with Crippen molar-refractivity contribution in [3.05, 3.63) is 24.3 Å². The highest BCUT2D eigenvalue weighted by Crippen LogP contribution is 2.28. The number of carbonyl (C=O) groups is 2. The molecule has 25 heavy (non-hydrogen) atoms. The smallest absolute Gasteiger partial charge is 0.243 e. The number of carbonyl (C=O) groups excluding carboxylic acids is 2. The zero-order valence-electron chi connectivity index (χ0n) is 14.2. The third-order valence-electron chi connectivity index (χ3n) is 5.06. The normalized spacial score (nSPS) is 23.2. The fraction of sp³-hybridized carbons (Fsp3) is 0.529. The summed E-state index contributed by atoms with van der Waals surface area (Å²) in [6, 6.07) is 6.27. The third-order valence-corrected chi connectivity index (χ3v) is 6.97. The summed E-state index contributed by atoms with van der Waals surface area (Å²) in [5, 5.41) is 0. The van der Waals surface area contributed by atoms with Crippen molar-refractivity contribution in [3.8, 4) is 0 Å². The van der Waals surface area contributed by atoms with E-state index in [4.69, 9.17) is 5.73 Å². The van der Waals surface area contributed by atoms with Crippen LogP contribution in [0.1, 0.15) is 26.2 Å². The van der Waals surface area contributed by atoms with E-state index in [0.29, 0.717) is 24.7 Å². The van der Waals surface area contributed by atoms with Crippen molar-refractivity contribution < 1.29 is 18.0 Å². The number of amides is 2. The number of rotatable bonds is 4. The first-order valence-electron chi connectivity index (χ1n) is 8.49. The third kappa shape index (κ3) is 3.55. The van der Waals surface area contributed by atoms with Gasteiger partial charge in [-0.25, -0.2) is 8.42 Å². The number of hydrogen-bond acceptors (Lipinski definition) is 4. The van der Waals surface area contributed by atoms with Crippen LogP contribution in [0.25, 0.3) is 0 Å². The largest absolute Gasteiger partial charge is 0.369 e. The van der Waals surface area contributed by atoms with Gasteiger partial charge in [0.15, 0.2) is 0 Å². The Bertz CT molecular complexity index is 768. The molecule has 3 rings (SSSR count). The predicted molar refractivity (Wildman–Crippen MR) is 93.3 cm³/mol. The average Bonchev–Trinajstić information content (AvgIpc) is 2.97. The van der Waals surface area contributed by atoms with Crippen LogP contribution in [0.15, 0.2) is 29.2 Å². The molecule has 0 spiro atoms. The zero-order valence-corrected chi connectivity index (χ0v) is 15.0. The molecule has 136 valence electrons. The second-order valence-corrected chi connectivity index (χ2v) is 8.83. The van der Waals surface area contributed by atoms with E-state index in [0.717, 1.165) is 12.8 Å². The molecule has 2 N–H and O–H groups in total. The molecule has 1 atom stereocenters. The number of sulfonamides is 1. The highest BCUT2D eigenvalue weighted by atomic mass is 32.2. The van der Waals surface area contributed by atoms with E-state index in [1.165, 1.54) is 21.3 Å². The molecule has 2 aliphatic heterocycles.